The SMILES string of the molecule is CN(CC1CCC1)S(=O)(=O)c1ccc(Cl)c(Br)c1. The average molecular weight is 353 g/mol. The van der Waals surface area contributed by atoms with Crippen LogP contribution in [0.2, 0.25) is 5.02 Å². The largest absolute Gasteiger partial charge is 0.242 e. The second-order valence-electron chi connectivity index (χ2n) is 4.66. The molecule has 0 heterocycles. The highest BCUT2D eigenvalue weighted by Crippen LogP contribution is 2.30. The predicted octanol–water partition coefficient (Wildman–Crippen LogP) is 3.52. The van der Waals surface area contributed by atoms with Crippen molar-refractivity contribution in [3.63, 3.8) is 0 Å². The Bertz CT molecular complexity index is 543. The van der Waals surface area contributed by atoms with Crippen LogP contribution in [0.25, 0.3) is 0 Å². The first-order valence-corrected chi connectivity index (χ1v) is 8.44. The summed E-state index contributed by atoms with van der Waals surface area (Å²) < 4.78 is 26.7. The van der Waals surface area contributed by atoms with Gasteiger partial charge < -0.3 is 0 Å². The lowest BCUT2D eigenvalue weighted by atomic mass is 9.86. The summed E-state index contributed by atoms with van der Waals surface area (Å²) in [5.74, 6) is 0.514. The van der Waals surface area contributed by atoms with E-state index in [1.54, 1.807) is 25.2 Å². The van der Waals surface area contributed by atoms with Crippen molar-refractivity contribution in [2.45, 2.75) is 24.2 Å². The topological polar surface area (TPSA) is 37.4 Å². The molecule has 1 aliphatic carbocycles. The van der Waals surface area contributed by atoms with Gasteiger partial charge in [-0.3, -0.25) is 0 Å². The minimum Gasteiger partial charge on any atom is -0.207 e. The van der Waals surface area contributed by atoms with Crippen LogP contribution in [0, 0.1) is 5.92 Å². The highest BCUT2D eigenvalue weighted by atomic mass is 79.9. The molecular formula is C12H15BrClNO2S. The monoisotopic (exact) mass is 351 g/mol. The number of hydrogen-bond donors (Lipinski definition) is 0. The summed E-state index contributed by atoms with van der Waals surface area (Å²) in [7, 11) is -1.77. The van der Waals surface area contributed by atoms with Crippen molar-refractivity contribution in [2.75, 3.05) is 13.6 Å². The molecule has 0 bridgehead atoms. The standard InChI is InChI=1S/C12H15BrClNO2S/c1-15(8-9-3-2-4-9)18(16,17)10-5-6-12(14)11(13)7-10/h5-7,9H,2-4,8H2,1H3. The van der Waals surface area contributed by atoms with Crippen molar-refractivity contribution >= 4 is 37.6 Å². The van der Waals surface area contributed by atoms with Gasteiger partial charge in [-0.2, -0.15) is 0 Å². The molecule has 1 aromatic carbocycles. The van der Waals surface area contributed by atoms with E-state index in [2.05, 4.69) is 15.9 Å². The Kier molecular flexibility index (Phi) is 4.36. The number of rotatable bonds is 4. The van der Waals surface area contributed by atoms with Gasteiger partial charge in [0.2, 0.25) is 10.0 Å². The average Bonchev–Trinajstić information content (AvgIpc) is 2.26. The Morgan fingerprint density at radius 1 is 1.44 bits per heavy atom. The van der Waals surface area contributed by atoms with E-state index in [0.29, 0.717) is 22.0 Å². The van der Waals surface area contributed by atoms with Gasteiger partial charge >= 0.3 is 0 Å². The molecule has 2 rings (SSSR count). The molecule has 6 heteroatoms. The van der Waals surface area contributed by atoms with E-state index in [-0.39, 0.29) is 4.90 Å². The summed E-state index contributed by atoms with van der Waals surface area (Å²) in [6.45, 7) is 0.600. The first-order chi connectivity index (χ1) is 8.41. The summed E-state index contributed by atoms with van der Waals surface area (Å²) in [6, 6.07) is 4.68. The molecule has 18 heavy (non-hydrogen) atoms. The van der Waals surface area contributed by atoms with Crippen molar-refractivity contribution < 1.29 is 8.42 Å². The third kappa shape index (κ3) is 2.90. The number of benzene rings is 1. The minimum atomic E-state index is -3.40. The summed E-state index contributed by atoms with van der Waals surface area (Å²) >= 11 is 9.12. The zero-order valence-corrected chi connectivity index (χ0v) is 13.2. The second kappa shape index (κ2) is 5.49. The van der Waals surface area contributed by atoms with Gasteiger partial charge in [0, 0.05) is 18.1 Å². The fourth-order valence-electron chi connectivity index (χ4n) is 1.95. The molecule has 0 N–H and O–H groups in total. The Morgan fingerprint density at radius 3 is 2.61 bits per heavy atom. The first-order valence-electron chi connectivity index (χ1n) is 5.82. The lowest BCUT2D eigenvalue weighted by Crippen LogP contribution is -2.34. The van der Waals surface area contributed by atoms with Gasteiger partial charge in [-0.05, 0) is 52.9 Å². The molecule has 0 saturated heterocycles. The van der Waals surface area contributed by atoms with E-state index in [0.717, 1.165) is 12.8 Å². The van der Waals surface area contributed by atoms with Gasteiger partial charge in [0.25, 0.3) is 0 Å². The Labute approximate surface area is 121 Å². The van der Waals surface area contributed by atoms with E-state index in [9.17, 15) is 8.42 Å². The van der Waals surface area contributed by atoms with Crippen LogP contribution >= 0.6 is 27.5 Å². The van der Waals surface area contributed by atoms with Gasteiger partial charge in [0.1, 0.15) is 0 Å². The van der Waals surface area contributed by atoms with E-state index in [4.69, 9.17) is 11.6 Å². The lowest BCUT2D eigenvalue weighted by molar-refractivity contribution is 0.263. The Hall–Kier alpha value is -0.100. The zero-order chi connectivity index (χ0) is 13.3. The van der Waals surface area contributed by atoms with Crippen LogP contribution in [0.5, 0.6) is 0 Å². The van der Waals surface area contributed by atoms with E-state index in [1.165, 1.54) is 10.7 Å². The normalized spacial score (nSPS) is 16.9. The van der Waals surface area contributed by atoms with Crippen molar-refractivity contribution in [3.05, 3.63) is 27.7 Å². The lowest BCUT2D eigenvalue weighted by Gasteiger charge is -2.29. The number of nitrogens with zero attached hydrogens (tertiary/aromatic N) is 1. The van der Waals surface area contributed by atoms with Crippen molar-refractivity contribution in [2.24, 2.45) is 5.92 Å². The smallest absolute Gasteiger partial charge is 0.207 e. The molecule has 1 saturated carbocycles. The third-order valence-electron chi connectivity index (χ3n) is 3.34. The fourth-order valence-corrected chi connectivity index (χ4v) is 3.88. The van der Waals surface area contributed by atoms with Gasteiger partial charge in [0.05, 0.1) is 9.92 Å². The molecule has 0 atom stereocenters. The summed E-state index contributed by atoms with van der Waals surface area (Å²) in [6.07, 6.45) is 3.47. The third-order valence-corrected chi connectivity index (χ3v) is 6.37. The molecule has 0 amide bonds. The molecule has 1 fully saturated rings. The van der Waals surface area contributed by atoms with E-state index >= 15 is 0 Å². The summed E-state index contributed by atoms with van der Waals surface area (Å²) in [5, 5.41) is 0.510. The van der Waals surface area contributed by atoms with Crippen LogP contribution in [0.3, 0.4) is 0 Å². The molecular weight excluding hydrogens is 338 g/mol. The quantitative estimate of drug-likeness (QED) is 0.831. The van der Waals surface area contributed by atoms with E-state index in [1.807, 2.05) is 0 Å². The molecule has 3 nitrogen and oxygen atoms in total. The Balaban J connectivity index is 2.20. The first kappa shape index (κ1) is 14.3. The van der Waals surface area contributed by atoms with Crippen molar-refractivity contribution in [3.8, 4) is 0 Å². The Morgan fingerprint density at radius 2 is 2.11 bits per heavy atom. The van der Waals surface area contributed by atoms with Crippen LogP contribution in [0.15, 0.2) is 27.6 Å². The van der Waals surface area contributed by atoms with Crippen LogP contribution in [-0.2, 0) is 10.0 Å². The molecule has 0 aliphatic heterocycles. The maximum Gasteiger partial charge on any atom is 0.242 e. The molecule has 0 radical (unpaired) electrons. The number of sulfonamides is 1. The molecule has 100 valence electrons. The van der Waals surface area contributed by atoms with Gasteiger partial charge in [-0.15, -0.1) is 0 Å². The van der Waals surface area contributed by atoms with Crippen molar-refractivity contribution in [1.29, 1.82) is 0 Å². The maximum absolute atomic E-state index is 12.3. The van der Waals surface area contributed by atoms with Gasteiger partial charge in [-0.25, -0.2) is 12.7 Å². The van der Waals surface area contributed by atoms with Gasteiger partial charge in [-0.1, -0.05) is 18.0 Å². The minimum absolute atomic E-state index is 0.278. The van der Waals surface area contributed by atoms with Crippen LogP contribution in [0.4, 0.5) is 0 Å². The molecule has 0 spiro atoms. The second-order valence-corrected chi connectivity index (χ2v) is 7.96. The molecule has 0 unspecified atom stereocenters. The molecule has 0 aromatic heterocycles. The summed E-state index contributed by atoms with van der Waals surface area (Å²) in [5.41, 5.74) is 0. The van der Waals surface area contributed by atoms with E-state index < -0.39 is 10.0 Å². The molecule has 1 aliphatic rings. The number of halogens is 2. The zero-order valence-electron chi connectivity index (χ0n) is 10.1. The van der Waals surface area contributed by atoms with Crippen LogP contribution < -0.4 is 0 Å². The van der Waals surface area contributed by atoms with Crippen LogP contribution in [0.1, 0.15) is 19.3 Å². The predicted molar refractivity (Wildman–Crippen MR) is 76.3 cm³/mol. The van der Waals surface area contributed by atoms with Gasteiger partial charge in [0.15, 0.2) is 0 Å². The highest BCUT2D eigenvalue weighted by molar-refractivity contribution is 9.10. The van der Waals surface area contributed by atoms with Crippen LogP contribution in [-0.4, -0.2) is 26.3 Å². The molecule has 1 aromatic rings. The van der Waals surface area contributed by atoms with Crippen molar-refractivity contribution in [1.82, 2.24) is 4.31 Å². The fraction of sp³-hybridized carbons (Fsp3) is 0.500. The summed E-state index contributed by atoms with van der Waals surface area (Å²) in [4.78, 5) is 0.278. The highest BCUT2D eigenvalue weighted by Gasteiger charge is 2.26. The number of hydrogen-bond acceptors (Lipinski definition) is 2. The maximum atomic E-state index is 12.3.